The number of aromatic amines is 1. The van der Waals surface area contributed by atoms with Crippen molar-refractivity contribution in [3.63, 3.8) is 0 Å². The number of hydrogen-bond donors (Lipinski definition) is 2. The summed E-state index contributed by atoms with van der Waals surface area (Å²) in [5, 5.41) is 18.5. The van der Waals surface area contributed by atoms with Crippen molar-refractivity contribution in [3.8, 4) is 0 Å². The van der Waals surface area contributed by atoms with Crippen LogP contribution in [0.4, 0.5) is 0 Å². The van der Waals surface area contributed by atoms with Gasteiger partial charge in [-0.05, 0) is 13.3 Å². The van der Waals surface area contributed by atoms with E-state index in [2.05, 4.69) is 15.3 Å². The Morgan fingerprint density at radius 1 is 1.50 bits per heavy atom. The van der Waals surface area contributed by atoms with Crippen LogP contribution in [0, 0.1) is 6.92 Å². The van der Waals surface area contributed by atoms with Crippen molar-refractivity contribution in [1.29, 1.82) is 0 Å². The molecule has 2 N–H and O–H groups in total. The first-order valence-electron chi connectivity index (χ1n) is 7.08. The maximum atomic E-state index is 12.1. The van der Waals surface area contributed by atoms with E-state index >= 15 is 0 Å². The number of nitrogens with one attached hydrogen (secondary N) is 1. The van der Waals surface area contributed by atoms with Crippen molar-refractivity contribution in [2.24, 2.45) is 0 Å². The molecule has 0 radical (unpaired) electrons. The Balaban J connectivity index is 1.90. The molecule has 4 atom stereocenters. The molecule has 0 aliphatic carbocycles. The normalized spacial score (nSPS) is 32.4. The standard InChI is InChI=1S/C13H15N5O4/c1-3-13-7-4-14-16-18(7)8(9(13)19)11(22-13)17-5-6(2)10(20)15-12(17)21/h4-5,8-9,11,19H,3H2,1-2H3,(H,15,20,21)/t8-,9?,11+,13+/m0/s1. The van der Waals surface area contributed by atoms with E-state index in [1.807, 2.05) is 6.92 Å². The highest BCUT2D eigenvalue weighted by molar-refractivity contribution is 5.24. The average Bonchev–Trinajstić information content (AvgIpc) is 3.12. The molecule has 0 spiro atoms. The van der Waals surface area contributed by atoms with Gasteiger partial charge in [0.15, 0.2) is 6.23 Å². The van der Waals surface area contributed by atoms with Crippen LogP contribution in [0.5, 0.6) is 0 Å². The van der Waals surface area contributed by atoms with Gasteiger partial charge in [0.05, 0.1) is 11.9 Å². The summed E-state index contributed by atoms with van der Waals surface area (Å²) in [6.45, 7) is 3.50. The van der Waals surface area contributed by atoms with E-state index in [1.165, 1.54) is 10.8 Å². The lowest BCUT2D eigenvalue weighted by atomic mass is 9.93. The fourth-order valence-electron chi connectivity index (χ4n) is 3.49. The van der Waals surface area contributed by atoms with E-state index in [4.69, 9.17) is 4.74 Å². The smallest absolute Gasteiger partial charge is 0.330 e. The molecule has 9 nitrogen and oxygen atoms in total. The highest BCUT2D eigenvalue weighted by Crippen LogP contribution is 2.56. The third kappa shape index (κ3) is 1.39. The molecular formula is C13H15N5O4. The number of aliphatic hydroxyl groups is 1. The molecule has 116 valence electrons. The zero-order chi connectivity index (χ0) is 15.6. The largest absolute Gasteiger partial charge is 0.387 e. The zero-order valence-corrected chi connectivity index (χ0v) is 12.1. The lowest BCUT2D eigenvalue weighted by Crippen LogP contribution is -2.38. The predicted molar refractivity (Wildman–Crippen MR) is 73.2 cm³/mol. The molecule has 1 saturated heterocycles. The Labute approximate surface area is 124 Å². The van der Waals surface area contributed by atoms with E-state index in [0.717, 1.165) is 0 Å². The molecule has 2 aliphatic heterocycles. The SMILES string of the molecule is CC[C@]12O[C@@H](n3cc(C)c(=O)[nH]c3=O)[C@H](C1O)n1nncc12. The summed E-state index contributed by atoms with van der Waals surface area (Å²) in [6.07, 6.45) is 1.97. The van der Waals surface area contributed by atoms with Gasteiger partial charge < -0.3 is 9.84 Å². The van der Waals surface area contributed by atoms with Crippen LogP contribution in [0.15, 0.2) is 22.0 Å². The number of aryl methyl sites for hydroxylation is 1. The third-order valence-electron chi connectivity index (χ3n) is 4.66. The molecule has 4 rings (SSSR count). The monoisotopic (exact) mass is 305 g/mol. The summed E-state index contributed by atoms with van der Waals surface area (Å²) in [6, 6.07) is -0.555. The quantitative estimate of drug-likeness (QED) is 0.749. The van der Waals surface area contributed by atoms with Crippen LogP contribution in [0.3, 0.4) is 0 Å². The Bertz CT molecular complexity index is 868. The minimum Gasteiger partial charge on any atom is -0.387 e. The van der Waals surface area contributed by atoms with Crippen molar-refractivity contribution < 1.29 is 9.84 Å². The van der Waals surface area contributed by atoms with Gasteiger partial charge in [-0.25, -0.2) is 9.48 Å². The molecule has 0 amide bonds. The van der Waals surface area contributed by atoms with Gasteiger partial charge in [-0.2, -0.15) is 0 Å². The summed E-state index contributed by atoms with van der Waals surface area (Å²) >= 11 is 0. The fourth-order valence-corrected chi connectivity index (χ4v) is 3.49. The Morgan fingerprint density at radius 3 is 3.00 bits per heavy atom. The second-order valence-electron chi connectivity index (χ2n) is 5.73. The van der Waals surface area contributed by atoms with Gasteiger partial charge in [0.25, 0.3) is 5.56 Å². The topological polar surface area (TPSA) is 115 Å². The minimum atomic E-state index is -0.928. The molecule has 0 aromatic carbocycles. The van der Waals surface area contributed by atoms with Crippen molar-refractivity contribution in [3.05, 3.63) is 44.5 Å². The summed E-state index contributed by atoms with van der Waals surface area (Å²) in [4.78, 5) is 25.9. The van der Waals surface area contributed by atoms with Gasteiger partial charge >= 0.3 is 5.69 Å². The van der Waals surface area contributed by atoms with Crippen LogP contribution in [-0.4, -0.2) is 35.8 Å². The van der Waals surface area contributed by atoms with Crippen LogP contribution in [-0.2, 0) is 10.3 Å². The fraction of sp³-hybridized carbons (Fsp3) is 0.538. The van der Waals surface area contributed by atoms with Crippen molar-refractivity contribution in [2.45, 2.75) is 44.2 Å². The lowest BCUT2D eigenvalue weighted by molar-refractivity contribution is -0.122. The highest BCUT2D eigenvalue weighted by atomic mass is 16.6. The maximum absolute atomic E-state index is 12.1. The van der Waals surface area contributed by atoms with Gasteiger partial charge in [-0.3, -0.25) is 14.3 Å². The number of nitrogens with zero attached hydrogens (tertiary/aromatic N) is 4. The first-order chi connectivity index (χ1) is 10.5. The van der Waals surface area contributed by atoms with E-state index in [9.17, 15) is 14.7 Å². The summed E-state index contributed by atoms with van der Waals surface area (Å²) in [7, 11) is 0. The number of rotatable bonds is 2. The zero-order valence-electron chi connectivity index (χ0n) is 12.1. The van der Waals surface area contributed by atoms with Crippen molar-refractivity contribution in [2.75, 3.05) is 0 Å². The Hall–Kier alpha value is -2.26. The Morgan fingerprint density at radius 2 is 2.27 bits per heavy atom. The van der Waals surface area contributed by atoms with Crippen LogP contribution in [0.2, 0.25) is 0 Å². The predicted octanol–water partition coefficient (Wildman–Crippen LogP) is -0.814. The number of aromatic nitrogens is 5. The van der Waals surface area contributed by atoms with Crippen LogP contribution >= 0.6 is 0 Å². The van der Waals surface area contributed by atoms with Gasteiger partial charge in [-0.1, -0.05) is 12.1 Å². The van der Waals surface area contributed by atoms with Crippen LogP contribution in [0.25, 0.3) is 0 Å². The molecule has 2 aromatic heterocycles. The maximum Gasteiger partial charge on any atom is 0.330 e. The number of ether oxygens (including phenoxy) is 1. The minimum absolute atomic E-state index is 0.393. The van der Waals surface area contributed by atoms with Crippen LogP contribution in [0.1, 0.15) is 36.9 Å². The molecule has 1 fully saturated rings. The average molecular weight is 305 g/mol. The van der Waals surface area contributed by atoms with Gasteiger partial charge in [-0.15, -0.1) is 5.10 Å². The van der Waals surface area contributed by atoms with Gasteiger partial charge in [0.1, 0.15) is 17.7 Å². The molecule has 2 aliphatic rings. The van der Waals surface area contributed by atoms with Gasteiger partial charge in [0.2, 0.25) is 0 Å². The summed E-state index contributed by atoms with van der Waals surface area (Å²) in [5.41, 5.74) is -0.838. The molecule has 22 heavy (non-hydrogen) atoms. The van der Waals surface area contributed by atoms with Crippen LogP contribution < -0.4 is 11.2 Å². The number of aliphatic hydroxyl groups excluding tert-OH is 1. The summed E-state index contributed by atoms with van der Waals surface area (Å²) in [5.74, 6) is 0. The second kappa shape index (κ2) is 4.14. The Kier molecular flexibility index (Phi) is 2.52. The van der Waals surface area contributed by atoms with E-state index in [1.54, 1.807) is 17.8 Å². The number of H-pyrrole nitrogens is 1. The first-order valence-corrected chi connectivity index (χ1v) is 7.08. The van der Waals surface area contributed by atoms with E-state index in [0.29, 0.717) is 17.7 Å². The molecule has 9 heteroatoms. The van der Waals surface area contributed by atoms with E-state index < -0.39 is 35.2 Å². The second-order valence-corrected chi connectivity index (χ2v) is 5.73. The first kappa shape index (κ1) is 13.4. The molecule has 2 bridgehead atoms. The highest BCUT2D eigenvalue weighted by Gasteiger charge is 2.64. The lowest BCUT2D eigenvalue weighted by Gasteiger charge is -2.30. The number of hydrogen-bond acceptors (Lipinski definition) is 6. The third-order valence-corrected chi connectivity index (χ3v) is 4.66. The molecule has 2 aromatic rings. The molecule has 4 heterocycles. The molecular weight excluding hydrogens is 290 g/mol. The van der Waals surface area contributed by atoms with Gasteiger partial charge in [0, 0.05) is 11.8 Å². The summed E-state index contributed by atoms with van der Waals surface area (Å²) < 4.78 is 8.95. The van der Waals surface area contributed by atoms with Crippen molar-refractivity contribution in [1.82, 2.24) is 24.5 Å². The molecule has 0 saturated carbocycles. The molecule has 1 unspecified atom stereocenters. The number of fused-ring (bicyclic) bond motifs is 5. The van der Waals surface area contributed by atoms with Crippen molar-refractivity contribution >= 4 is 0 Å². The van der Waals surface area contributed by atoms with E-state index in [-0.39, 0.29) is 0 Å².